The minimum absolute atomic E-state index is 0.0329. The Hall–Kier alpha value is -3.81. The summed E-state index contributed by atoms with van der Waals surface area (Å²) in [4.78, 5) is 26.5. The van der Waals surface area contributed by atoms with Crippen molar-refractivity contribution < 1.29 is 23.8 Å². The molecule has 0 saturated heterocycles. The summed E-state index contributed by atoms with van der Waals surface area (Å²) in [5, 5.41) is 13.9. The van der Waals surface area contributed by atoms with E-state index in [0.717, 1.165) is 37.0 Å². The Morgan fingerprint density at radius 1 is 1.14 bits per heavy atom. The van der Waals surface area contributed by atoms with Gasteiger partial charge >= 0.3 is 6.16 Å². The molecule has 1 N–H and O–H groups in total. The largest absolute Gasteiger partial charge is 0.511 e. The summed E-state index contributed by atoms with van der Waals surface area (Å²) in [5.74, 6) is 1.49. The van der Waals surface area contributed by atoms with E-state index in [2.05, 4.69) is 12.0 Å². The molecule has 1 amide bonds. The second kappa shape index (κ2) is 10.6. The Morgan fingerprint density at radius 3 is 2.46 bits per heavy atom. The maximum atomic E-state index is 13.5. The Bertz CT molecular complexity index is 1170. The topological polar surface area (TPSA) is 97.8 Å². The van der Waals surface area contributed by atoms with Crippen LogP contribution >= 0.6 is 0 Å². The zero-order valence-corrected chi connectivity index (χ0v) is 20.3. The fourth-order valence-electron chi connectivity index (χ4n) is 4.42. The number of furan rings is 1. The molecule has 0 bridgehead atoms. The van der Waals surface area contributed by atoms with E-state index in [-0.39, 0.29) is 29.4 Å². The number of aromatic nitrogens is 2. The van der Waals surface area contributed by atoms with Crippen LogP contribution in [0.1, 0.15) is 57.8 Å². The molecule has 35 heavy (non-hydrogen) atoms. The smallest absolute Gasteiger partial charge is 0.465 e. The van der Waals surface area contributed by atoms with Gasteiger partial charge in [0.2, 0.25) is 11.7 Å². The average Bonchev–Trinajstić information content (AvgIpc) is 3.49. The maximum Gasteiger partial charge on any atom is 0.511 e. The number of carbonyl (C=O) groups excluding carboxylic acids is 1. The number of carbonyl (C=O) groups is 2. The molecule has 184 valence electrons. The molecule has 0 atom stereocenters. The normalized spacial score (nSPS) is 18.2. The molecule has 0 unspecified atom stereocenters. The van der Waals surface area contributed by atoms with E-state index < -0.39 is 6.16 Å². The van der Waals surface area contributed by atoms with Crippen LogP contribution in [0.25, 0.3) is 17.8 Å². The maximum absolute atomic E-state index is 13.5. The zero-order chi connectivity index (χ0) is 24.9. The van der Waals surface area contributed by atoms with Gasteiger partial charge in [-0.05, 0) is 81.4 Å². The van der Waals surface area contributed by atoms with Gasteiger partial charge < -0.3 is 14.3 Å². The number of hydrogen-bond acceptors (Lipinski definition) is 5. The molecule has 0 radical (unpaired) electrons. The van der Waals surface area contributed by atoms with Crippen molar-refractivity contribution >= 4 is 30.0 Å². The first-order valence-electron chi connectivity index (χ1n) is 12.0. The van der Waals surface area contributed by atoms with Gasteiger partial charge in [-0.25, -0.2) is 9.48 Å². The molecule has 1 aliphatic carbocycles. The summed E-state index contributed by atoms with van der Waals surface area (Å²) in [5.41, 5.74) is 1.68. The van der Waals surface area contributed by atoms with Crippen LogP contribution in [0, 0.1) is 11.8 Å². The SMILES string of the molecule is CC1CCC(C(=O)N(c2nn(-c3ccc(/C=C/c4ccco4)cc3)cc2OC(=O)O)C(C)C)CC1. The monoisotopic (exact) mass is 477 g/mol. The van der Waals surface area contributed by atoms with E-state index in [9.17, 15) is 14.7 Å². The van der Waals surface area contributed by atoms with Crippen LogP contribution < -0.4 is 9.64 Å². The van der Waals surface area contributed by atoms with Gasteiger partial charge in [-0.1, -0.05) is 25.1 Å². The summed E-state index contributed by atoms with van der Waals surface area (Å²) < 4.78 is 11.9. The summed E-state index contributed by atoms with van der Waals surface area (Å²) >= 11 is 0. The van der Waals surface area contributed by atoms with Gasteiger partial charge in [0.1, 0.15) is 5.76 Å². The third kappa shape index (κ3) is 5.82. The first kappa shape index (κ1) is 24.3. The standard InChI is InChI=1S/C27H31N3O5/c1-18(2)30(26(31)21-11-6-19(3)7-12-21)25-24(35-27(32)33)17-29(28-25)22-13-8-20(9-14-22)10-15-23-5-4-16-34-23/h4-5,8-10,13-19,21H,6-7,11-12H2,1-3H3,(H,32,33)/b15-10+. The summed E-state index contributed by atoms with van der Waals surface area (Å²) in [6.07, 6.45) is 9.15. The highest BCUT2D eigenvalue weighted by molar-refractivity contribution is 5.96. The minimum Gasteiger partial charge on any atom is -0.465 e. The number of rotatable bonds is 7. The van der Waals surface area contributed by atoms with Gasteiger partial charge in [-0.3, -0.25) is 9.69 Å². The van der Waals surface area contributed by atoms with E-state index in [1.807, 2.05) is 62.4 Å². The molecule has 0 aliphatic heterocycles. The predicted octanol–water partition coefficient (Wildman–Crippen LogP) is 6.26. The number of carboxylic acid groups (broad SMARTS) is 1. The van der Waals surface area contributed by atoms with E-state index in [4.69, 9.17) is 9.15 Å². The highest BCUT2D eigenvalue weighted by atomic mass is 16.7. The van der Waals surface area contributed by atoms with Crippen LogP contribution in [0.2, 0.25) is 0 Å². The van der Waals surface area contributed by atoms with Gasteiger partial charge in [0, 0.05) is 12.0 Å². The molecule has 1 fully saturated rings. The first-order valence-corrected chi connectivity index (χ1v) is 12.0. The van der Waals surface area contributed by atoms with Gasteiger partial charge in [0.05, 0.1) is 18.1 Å². The molecular formula is C27H31N3O5. The minimum atomic E-state index is -1.45. The van der Waals surface area contributed by atoms with Crippen molar-refractivity contribution in [1.29, 1.82) is 0 Å². The van der Waals surface area contributed by atoms with Gasteiger partial charge in [-0.15, -0.1) is 5.10 Å². The second-order valence-corrected chi connectivity index (χ2v) is 9.33. The molecule has 1 aliphatic rings. The van der Waals surface area contributed by atoms with Gasteiger partial charge in [0.15, 0.2) is 5.75 Å². The molecule has 1 saturated carbocycles. The number of hydrogen-bond donors (Lipinski definition) is 1. The summed E-state index contributed by atoms with van der Waals surface area (Å²) in [6.45, 7) is 6.00. The molecule has 8 heteroatoms. The van der Waals surface area contributed by atoms with Crippen LogP contribution in [-0.4, -0.2) is 33.0 Å². The predicted molar refractivity (Wildman–Crippen MR) is 134 cm³/mol. The highest BCUT2D eigenvalue weighted by Crippen LogP contribution is 2.35. The van der Waals surface area contributed by atoms with E-state index >= 15 is 0 Å². The average molecular weight is 478 g/mol. The lowest BCUT2D eigenvalue weighted by atomic mass is 9.82. The highest BCUT2D eigenvalue weighted by Gasteiger charge is 2.34. The number of ether oxygens (including phenoxy) is 1. The number of nitrogens with zero attached hydrogens (tertiary/aromatic N) is 3. The number of benzene rings is 1. The number of amides is 1. The fraction of sp³-hybridized carbons (Fsp3) is 0.370. The van der Waals surface area contributed by atoms with Crippen LogP contribution in [0.4, 0.5) is 10.6 Å². The molecule has 2 aromatic heterocycles. The van der Waals surface area contributed by atoms with Crippen molar-refractivity contribution in [2.75, 3.05) is 4.90 Å². The third-order valence-corrected chi connectivity index (χ3v) is 6.35. The van der Waals surface area contributed by atoms with Crippen molar-refractivity contribution in [3.05, 3.63) is 60.2 Å². The van der Waals surface area contributed by atoms with Gasteiger partial charge in [0.25, 0.3) is 0 Å². The van der Waals surface area contributed by atoms with Crippen molar-refractivity contribution in [2.45, 2.75) is 52.5 Å². The van der Waals surface area contributed by atoms with E-state index in [1.165, 1.54) is 6.20 Å². The van der Waals surface area contributed by atoms with Crippen LogP contribution in [0.15, 0.2) is 53.3 Å². The lowest BCUT2D eigenvalue weighted by Crippen LogP contribution is -2.42. The van der Waals surface area contributed by atoms with Crippen LogP contribution in [0.5, 0.6) is 5.75 Å². The first-order chi connectivity index (χ1) is 16.8. The molecule has 2 heterocycles. The third-order valence-electron chi connectivity index (χ3n) is 6.35. The van der Waals surface area contributed by atoms with Crippen LogP contribution in [-0.2, 0) is 4.79 Å². The Labute approximate surface area is 204 Å². The summed E-state index contributed by atoms with van der Waals surface area (Å²) in [6, 6.07) is 11.1. The Morgan fingerprint density at radius 2 is 1.86 bits per heavy atom. The van der Waals surface area contributed by atoms with Crippen molar-refractivity contribution in [2.24, 2.45) is 11.8 Å². The summed E-state index contributed by atoms with van der Waals surface area (Å²) in [7, 11) is 0. The second-order valence-electron chi connectivity index (χ2n) is 9.33. The van der Waals surface area contributed by atoms with Crippen molar-refractivity contribution in [3.63, 3.8) is 0 Å². The Kier molecular flexibility index (Phi) is 7.39. The van der Waals surface area contributed by atoms with Crippen molar-refractivity contribution in [1.82, 2.24) is 9.78 Å². The lowest BCUT2D eigenvalue weighted by molar-refractivity contribution is -0.124. The van der Waals surface area contributed by atoms with E-state index in [1.54, 1.807) is 15.8 Å². The molecule has 4 rings (SSSR count). The molecule has 3 aromatic rings. The molecular weight excluding hydrogens is 446 g/mol. The van der Waals surface area contributed by atoms with Crippen molar-refractivity contribution in [3.8, 4) is 11.4 Å². The van der Waals surface area contributed by atoms with Crippen LogP contribution in [0.3, 0.4) is 0 Å². The molecule has 1 aromatic carbocycles. The van der Waals surface area contributed by atoms with E-state index in [0.29, 0.717) is 11.6 Å². The fourth-order valence-corrected chi connectivity index (χ4v) is 4.42. The zero-order valence-electron chi connectivity index (χ0n) is 20.3. The Balaban J connectivity index is 1.62. The quantitative estimate of drug-likeness (QED) is 0.403. The van der Waals surface area contributed by atoms with Gasteiger partial charge in [-0.2, -0.15) is 0 Å². The molecule has 8 nitrogen and oxygen atoms in total. The lowest BCUT2D eigenvalue weighted by Gasteiger charge is -2.32. The number of anilines is 1. The molecule has 0 spiro atoms.